The van der Waals surface area contributed by atoms with Crippen LogP contribution in [0.3, 0.4) is 0 Å². The summed E-state index contributed by atoms with van der Waals surface area (Å²) in [5, 5.41) is 5.90. The van der Waals surface area contributed by atoms with Gasteiger partial charge in [-0.15, -0.1) is 12.4 Å². The fraction of sp³-hybridized carbons (Fsp3) is 0.900. The highest BCUT2D eigenvalue weighted by Gasteiger charge is 2.19. The second-order valence-corrected chi connectivity index (χ2v) is 4.03. The summed E-state index contributed by atoms with van der Waals surface area (Å²) in [7, 11) is 0. The molecule has 6 heteroatoms. The van der Waals surface area contributed by atoms with E-state index in [2.05, 4.69) is 10.6 Å². The molecule has 2 aliphatic heterocycles. The van der Waals surface area contributed by atoms with E-state index in [4.69, 9.17) is 9.47 Å². The minimum atomic E-state index is -0.0441. The average Bonchev–Trinajstić information content (AvgIpc) is 2.64. The van der Waals surface area contributed by atoms with Crippen molar-refractivity contribution in [2.45, 2.75) is 25.0 Å². The molecule has 0 bridgehead atoms. The van der Waals surface area contributed by atoms with Crippen molar-refractivity contribution < 1.29 is 14.3 Å². The van der Waals surface area contributed by atoms with E-state index >= 15 is 0 Å². The highest BCUT2D eigenvalue weighted by molar-refractivity contribution is 5.85. The first kappa shape index (κ1) is 13.7. The number of halogens is 1. The smallest absolute Gasteiger partial charge is 0.246 e. The van der Waals surface area contributed by atoms with Gasteiger partial charge >= 0.3 is 0 Å². The van der Waals surface area contributed by atoms with E-state index in [1.54, 1.807) is 0 Å². The molecule has 2 rings (SSSR count). The summed E-state index contributed by atoms with van der Waals surface area (Å²) in [5.41, 5.74) is 0. The van der Waals surface area contributed by atoms with Gasteiger partial charge in [0.25, 0.3) is 0 Å². The van der Waals surface area contributed by atoms with Crippen molar-refractivity contribution in [3.05, 3.63) is 0 Å². The molecule has 0 saturated carbocycles. The van der Waals surface area contributed by atoms with Crippen molar-refractivity contribution >= 4 is 18.3 Å². The predicted molar refractivity (Wildman–Crippen MR) is 61.8 cm³/mol. The number of carbonyl (C=O) groups is 1. The lowest BCUT2D eigenvalue weighted by Gasteiger charge is -2.26. The maximum absolute atomic E-state index is 11.3. The Morgan fingerprint density at radius 1 is 1.50 bits per heavy atom. The summed E-state index contributed by atoms with van der Waals surface area (Å²) < 4.78 is 10.7. The van der Waals surface area contributed by atoms with Crippen LogP contribution in [0.1, 0.15) is 12.8 Å². The molecule has 2 heterocycles. The number of nitrogens with one attached hydrogen (secondary N) is 2. The molecule has 0 aromatic heterocycles. The summed E-state index contributed by atoms with van der Waals surface area (Å²) in [6.45, 7) is 3.33. The van der Waals surface area contributed by atoms with Gasteiger partial charge in [0.05, 0.1) is 12.2 Å². The van der Waals surface area contributed by atoms with Crippen molar-refractivity contribution in [2.24, 2.45) is 0 Å². The molecule has 1 atom stereocenters. The van der Waals surface area contributed by atoms with Gasteiger partial charge in [-0.05, 0) is 12.8 Å². The number of rotatable bonds is 5. The lowest BCUT2D eigenvalue weighted by molar-refractivity contribution is -0.129. The van der Waals surface area contributed by atoms with Gasteiger partial charge in [-0.3, -0.25) is 4.79 Å². The van der Waals surface area contributed by atoms with Gasteiger partial charge in [0, 0.05) is 26.2 Å². The Kier molecular flexibility index (Phi) is 6.05. The molecular weight excluding hydrogens is 232 g/mol. The number of hydrogen-bond acceptors (Lipinski definition) is 4. The third kappa shape index (κ3) is 4.25. The molecule has 2 fully saturated rings. The molecule has 5 nitrogen and oxygen atoms in total. The third-order valence-corrected chi connectivity index (χ3v) is 2.75. The summed E-state index contributed by atoms with van der Waals surface area (Å²) in [6.07, 6.45) is 2.58. The average molecular weight is 251 g/mol. The molecule has 2 saturated heterocycles. The zero-order valence-electron chi connectivity index (χ0n) is 9.24. The van der Waals surface area contributed by atoms with Crippen molar-refractivity contribution in [1.29, 1.82) is 0 Å². The van der Waals surface area contributed by atoms with Gasteiger partial charge < -0.3 is 20.1 Å². The van der Waals surface area contributed by atoms with Crippen LogP contribution in [0.5, 0.6) is 0 Å². The molecule has 0 radical (unpaired) electrons. The van der Waals surface area contributed by atoms with E-state index in [1.807, 2.05) is 0 Å². The second kappa shape index (κ2) is 7.06. The largest absolute Gasteiger partial charge is 0.376 e. The minimum Gasteiger partial charge on any atom is -0.376 e. The second-order valence-electron chi connectivity index (χ2n) is 4.03. The van der Waals surface area contributed by atoms with Gasteiger partial charge in [-0.2, -0.15) is 0 Å². The van der Waals surface area contributed by atoms with E-state index in [0.29, 0.717) is 6.54 Å². The molecule has 16 heavy (non-hydrogen) atoms. The molecule has 0 spiro atoms. The minimum absolute atomic E-state index is 0. The zero-order valence-corrected chi connectivity index (χ0v) is 10.1. The topological polar surface area (TPSA) is 59.6 Å². The summed E-state index contributed by atoms with van der Waals surface area (Å²) in [4.78, 5) is 11.3. The Balaban J connectivity index is 0.00000128. The van der Waals surface area contributed by atoms with Gasteiger partial charge in [-0.25, -0.2) is 0 Å². The van der Waals surface area contributed by atoms with Gasteiger partial charge in [0.1, 0.15) is 6.61 Å². The first-order valence-corrected chi connectivity index (χ1v) is 5.55. The SMILES string of the molecule is Cl.O=C(COC1CNC1)NCC1CCCO1. The maximum atomic E-state index is 11.3. The fourth-order valence-corrected chi connectivity index (χ4v) is 1.66. The molecule has 0 aromatic rings. The van der Waals surface area contributed by atoms with Crippen molar-refractivity contribution in [3.8, 4) is 0 Å². The third-order valence-electron chi connectivity index (χ3n) is 2.75. The molecule has 1 amide bonds. The van der Waals surface area contributed by atoms with Gasteiger partial charge in [0.2, 0.25) is 5.91 Å². The van der Waals surface area contributed by atoms with E-state index in [9.17, 15) is 4.79 Å². The van der Waals surface area contributed by atoms with Crippen molar-refractivity contribution in [2.75, 3.05) is 32.8 Å². The monoisotopic (exact) mass is 250 g/mol. The molecule has 1 unspecified atom stereocenters. The van der Waals surface area contributed by atoms with E-state index < -0.39 is 0 Å². The van der Waals surface area contributed by atoms with Crippen LogP contribution in [0.4, 0.5) is 0 Å². The normalized spacial score (nSPS) is 24.6. The van der Waals surface area contributed by atoms with Crippen LogP contribution in [0.25, 0.3) is 0 Å². The zero-order chi connectivity index (χ0) is 10.5. The standard InChI is InChI=1S/C10H18N2O3.ClH/c13-10(7-15-9-4-11-5-9)12-6-8-2-1-3-14-8;/h8-9,11H,1-7H2,(H,12,13);1H. The predicted octanol–water partition coefficient (Wildman–Crippen LogP) is -0.308. The first-order chi connectivity index (χ1) is 7.34. The molecule has 0 aliphatic carbocycles. The van der Waals surface area contributed by atoms with Crippen LogP contribution < -0.4 is 10.6 Å². The number of hydrogen-bond donors (Lipinski definition) is 2. The van der Waals surface area contributed by atoms with E-state index in [-0.39, 0.29) is 37.1 Å². The number of ether oxygens (including phenoxy) is 2. The quantitative estimate of drug-likeness (QED) is 0.703. The summed E-state index contributed by atoms with van der Waals surface area (Å²) in [6, 6.07) is 0. The van der Waals surface area contributed by atoms with Crippen LogP contribution >= 0.6 is 12.4 Å². The Bertz CT molecular complexity index is 218. The van der Waals surface area contributed by atoms with Crippen LogP contribution in [0.15, 0.2) is 0 Å². The Hall–Kier alpha value is -0.360. The number of amides is 1. The molecule has 2 N–H and O–H groups in total. The Labute approximate surface area is 102 Å². The van der Waals surface area contributed by atoms with E-state index in [1.165, 1.54) is 0 Å². The van der Waals surface area contributed by atoms with Crippen LogP contribution in [0.2, 0.25) is 0 Å². The maximum Gasteiger partial charge on any atom is 0.246 e. The molecule has 0 aromatic carbocycles. The highest BCUT2D eigenvalue weighted by atomic mass is 35.5. The van der Waals surface area contributed by atoms with Gasteiger partial charge in [-0.1, -0.05) is 0 Å². The highest BCUT2D eigenvalue weighted by Crippen LogP contribution is 2.10. The van der Waals surface area contributed by atoms with Gasteiger partial charge in [0.15, 0.2) is 0 Å². The number of carbonyl (C=O) groups excluding carboxylic acids is 1. The lowest BCUT2D eigenvalue weighted by atomic mass is 10.2. The summed E-state index contributed by atoms with van der Waals surface area (Å²) in [5.74, 6) is -0.0441. The fourth-order valence-electron chi connectivity index (χ4n) is 1.66. The van der Waals surface area contributed by atoms with E-state index in [0.717, 1.165) is 32.5 Å². The molecule has 94 valence electrons. The van der Waals surface area contributed by atoms with Crippen molar-refractivity contribution in [1.82, 2.24) is 10.6 Å². The van der Waals surface area contributed by atoms with Crippen LogP contribution in [-0.2, 0) is 14.3 Å². The Morgan fingerprint density at radius 2 is 2.31 bits per heavy atom. The summed E-state index contributed by atoms with van der Waals surface area (Å²) >= 11 is 0. The molecule has 2 aliphatic rings. The first-order valence-electron chi connectivity index (χ1n) is 5.55. The lowest BCUT2D eigenvalue weighted by Crippen LogP contribution is -2.49. The van der Waals surface area contributed by atoms with Crippen LogP contribution in [0, 0.1) is 0 Å². The van der Waals surface area contributed by atoms with Crippen molar-refractivity contribution in [3.63, 3.8) is 0 Å². The Morgan fingerprint density at radius 3 is 2.88 bits per heavy atom. The molecular formula is C10H19ClN2O3. The van der Waals surface area contributed by atoms with Crippen LogP contribution in [-0.4, -0.2) is 51.0 Å².